The number of ether oxygens (including phenoxy) is 5. The molecule has 0 aromatic heterocycles. The average Bonchev–Trinajstić information content (AvgIpc) is 1.67. The first kappa shape index (κ1) is 97.2. The van der Waals surface area contributed by atoms with E-state index in [0.717, 1.165) is 47.9 Å². The minimum absolute atomic E-state index is 0. The van der Waals surface area contributed by atoms with Gasteiger partial charge in [-0.05, 0) is 232 Å². The van der Waals surface area contributed by atoms with Gasteiger partial charge in [0.05, 0.1) is 54.0 Å². The van der Waals surface area contributed by atoms with Crippen molar-refractivity contribution in [2.24, 2.45) is 10.1 Å². The van der Waals surface area contributed by atoms with Crippen molar-refractivity contribution in [3.05, 3.63) is 188 Å². The molecule has 4 amide bonds. The summed E-state index contributed by atoms with van der Waals surface area (Å²) in [4.78, 5) is 88.9. The number of rotatable bonds is 15. The molecule has 33 nitrogen and oxygen atoms in total. The van der Waals surface area contributed by atoms with Gasteiger partial charge in [0.25, 0.3) is 12.0 Å². The second-order valence-electron chi connectivity index (χ2n) is 24.3. The van der Waals surface area contributed by atoms with Gasteiger partial charge in [-0.3, -0.25) is 19.0 Å². The van der Waals surface area contributed by atoms with Gasteiger partial charge in [0.15, 0.2) is 0 Å². The number of isocyanates is 1. The van der Waals surface area contributed by atoms with Gasteiger partial charge in [-0.2, -0.15) is 33.7 Å². The number of nitrogens with one attached hydrogen (secondary N) is 7. The fraction of sp³-hybridized carbons (Fsp3) is 0.323. The van der Waals surface area contributed by atoms with Crippen LogP contribution >= 0.6 is 33.9 Å². The van der Waals surface area contributed by atoms with E-state index in [0.29, 0.717) is 21.8 Å². The van der Waals surface area contributed by atoms with Crippen molar-refractivity contribution >= 4 is 145 Å². The molecule has 41 heteroatoms. The van der Waals surface area contributed by atoms with Crippen molar-refractivity contribution in [1.29, 1.82) is 0 Å². The predicted molar refractivity (Wildman–Crippen MR) is 394 cm³/mol. The molecule has 2 aliphatic carbocycles. The van der Waals surface area contributed by atoms with E-state index < -0.39 is 86.9 Å². The number of aryl methyl sites for hydroxylation is 2. The maximum atomic E-state index is 12.6. The zero-order valence-electron chi connectivity index (χ0n) is 58.5. The molecule has 0 unspecified atom stereocenters. The number of esters is 2. The Hall–Kier alpha value is -8.82. The first-order valence-corrected chi connectivity index (χ1v) is 37.3. The summed E-state index contributed by atoms with van der Waals surface area (Å²) >= 11 is 11.9. The molecule has 6 aromatic carbocycles. The molecule has 0 fully saturated rings. The van der Waals surface area contributed by atoms with Crippen LogP contribution in [0.4, 0.5) is 37.1 Å². The third-order valence-electron chi connectivity index (χ3n) is 12.4. The van der Waals surface area contributed by atoms with E-state index >= 15 is 0 Å². The van der Waals surface area contributed by atoms with Crippen molar-refractivity contribution in [2.75, 3.05) is 34.1 Å². The number of halogens is 3. The van der Waals surface area contributed by atoms with E-state index in [9.17, 15) is 67.2 Å². The van der Waals surface area contributed by atoms with Crippen LogP contribution < -0.4 is 74.7 Å². The zero-order chi connectivity index (χ0) is 78.1. The van der Waals surface area contributed by atoms with E-state index in [1.165, 1.54) is 98.1 Å². The molecule has 6 aromatic rings. The van der Waals surface area contributed by atoms with E-state index in [-0.39, 0.29) is 94.6 Å². The molecule has 106 heavy (non-hydrogen) atoms. The Kier molecular flexibility index (Phi) is 39.5. The number of carboxylic acid groups (broad SMARTS) is 1. The van der Waals surface area contributed by atoms with Crippen LogP contribution in [0.15, 0.2) is 138 Å². The standard InChI is InChI=1S/C21H24ClN3O5S.C13H18N2O6S.C12H16N2O6S.C9H10ClN.C8H9NO2.CClNO3S.CH4.Na.H2O/c1-21(2,3)30-20(27)25-31(28,29)24-16-8-4-13(5-9-16)19(26)23-18-11-6-14-12-15(22)7-10-17(14)18;1-13(2,3)21-12(17)15-22(18,19)14-10-7-5-9(6-8-10)11(16)20-4;1-12(2,3)20-11(17)14-21(18,19)13-9-6-4-8(5-7-9)10(15)16;10-7-2-3-8-6(5-7)1-4-9(8)11;1-11-8(10)6-2-4-7(9)5-3-6;2-7(5,6)3-1-4;;;/h4-5,7-10,12,18,24H,6,11H2,1-3H3,(H,23,26)(H,25,27);5-8,14H,1-4H3,(H,15,17);4-7,13H,1-3H3,(H,14,17)(H,15,16);2-3,5,9H,1,4,11H2;2-5H,9H2,1H3;;1H4;;1H2/q;;;;;;;+1;/p-1/t18-;;;9-;;;;;/m1..1...../s1. The molecular formula is C65H82Cl3N10NaO23S4. The molecule has 0 saturated carbocycles. The molecule has 0 heterocycles. The molecule has 2 atom stereocenters. The number of aromatic carboxylic acids is 1. The molecule has 0 saturated heterocycles. The van der Waals surface area contributed by atoms with Gasteiger partial charge < -0.3 is 51.1 Å². The number of anilines is 4. The second kappa shape index (κ2) is 43.1. The van der Waals surface area contributed by atoms with Crippen molar-refractivity contribution in [3.8, 4) is 0 Å². The first-order chi connectivity index (χ1) is 47.5. The van der Waals surface area contributed by atoms with Crippen molar-refractivity contribution in [1.82, 2.24) is 19.5 Å². The van der Waals surface area contributed by atoms with Gasteiger partial charge in [0, 0.05) is 38.0 Å². The molecule has 0 aliphatic heterocycles. The Morgan fingerprint density at radius 2 is 0.840 bits per heavy atom. The van der Waals surface area contributed by atoms with Gasteiger partial charge in [-0.25, -0.2) is 47.7 Å². The number of benzene rings is 6. The number of nitrogens with two attached hydrogens (primary N) is 2. The molecule has 576 valence electrons. The Labute approximate surface area is 651 Å². The number of carbonyl (C=O) groups is 7. The third-order valence-corrected chi connectivity index (χ3v) is 16.2. The quantitative estimate of drug-likeness (QED) is 0.00892. The molecule has 8 rings (SSSR count). The minimum Gasteiger partial charge on any atom is -0.870 e. The van der Waals surface area contributed by atoms with Gasteiger partial charge in [0.1, 0.15) is 16.8 Å². The summed E-state index contributed by atoms with van der Waals surface area (Å²) in [6.45, 7) is 14.5. The third kappa shape index (κ3) is 38.4. The summed E-state index contributed by atoms with van der Waals surface area (Å²) in [5.41, 5.74) is 15.8. The predicted octanol–water partition coefficient (Wildman–Crippen LogP) is 7.77. The average molecular weight is 1630 g/mol. The van der Waals surface area contributed by atoms with Crippen LogP contribution in [0.25, 0.3) is 0 Å². The Bertz CT molecular complexity index is 4510. The van der Waals surface area contributed by atoms with Crippen LogP contribution in [0.3, 0.4) is 0 Å². The SMILES string of the molecule is C.CC(C)(C)OC(=O)NS(=O)(=O)Nc1ccc(C(=O)N[C@@H]2CCc3cc(Cl)ccc32)cc1.CC(C)(C)OC(=O)NS(=O)(=O)Nc1ccc(C(=O)O)cc1.COC(=O)c1ccc(N)cc1.COC(=O)c1ccc(NS(=O)(=O)NC(=O)OC(C)(C)C)cc1.N[C@@H]1CCc2cc(Cl)ccc21.O=C=NS(=O)(=O)Cl.[Na+].[OH-]. The summed E-state index contributed by atoms with van der Waals surface area (Å²) in [6, 6.07) is 34.7. The molecular weight excluding hydrogens is 1550 g/mol. The van der Waals surface area contributed by atoms with E-state index in [1.807, 2.05) is 30.3 Å². The van der Waals surface area contributed by atoms with Crippen LogP contribution in [-0.4, -0.2) is 123 Å². The van der Waals surface area contributed by atoms with Crippen LogP contribution in [0.2, 0.25) is 10.0 Å². The number of hydrogen-bond donors (Lipinski definition) is 10. The summed E-state index contributed by atoms with van der Waals surface area (Å²) in [5, 5.41) is 13.2. The Morgan fingerprint density at radius 1 is 0.519 bits per heavy atom. The summed E-state index contributed by atoms with van der Waals surface area (Å²) in [6.07, 6.45) is 1.24. The van der Waals surface area contributed by atoms with Crippen LogP contribution in [0.1, 0.15) is 158 Å². The number of hydrogen-bond acceptors (Lipinski definition) is 24. The Morgan fingerprint density at radius 3 is 1.16 bits per heavy atom. The number of carbonyl (C=O) groups excluding carboxylic acids is 7. The monoisotopic (exact) mass is 1630 g/mol. The van der Waals surface area contributed by atoms with Crippen molar-refractivity contribution in [2.45, 2.75) is 124 Å². The second-order valence-corrected chi connectivity index (χ2v) is 31.6. The fourth-order valence-corrected chi connectivity index (χ4v) is 11.1. The van der Waals surface area contributed by atoms with Gasteiger partial charge in [0.2, 0.25) is 0 Å². The molecule has 0 radical (unpaired) electrons. The van der Waals surface area contributed by atoms with E-state index in [1.54, 1.807) is 107 Å². The molecule has 0 bridgehead atoms. The van der Waals surface area contributed by atoms with E-state index in [2.05, 4.69) is 44.0 Å². The smallest absolute Gasteiger partial charge is 0.870 e. The fourth-order valence-electron chi connectivity index (χ4n) is 8.31. The number of fused-ring (bicyclic) bond motifs is 2. The maximum absolute atomic E-state index is 12.6. The minimum atomic E-state index is -4.18. The summed E-state index contributed by atoms with van der Waals surface area (Å²) in [5.74, 6) is -2.28. The van der Waals surface area contributed by atoms with Crippen molar-refractivity contribution < 1.29 is 136 Å². The number of amides is 4. The summed E-state index contributed by atoms with van der Waals surface area (Å²) in [7, 11) is -9.52. The number of nitrogens with zero attached hydrogens (tertiary/aromatic N) is 1. The number of methoxy groups -OCH3 is 2. The molecule has 0 spiro atoms. The number of nitrogen functional groups attached to an aromatic ring is 1. The van der Waals surface area contributed by atoms with Crippen molar-refractivity contribution in [3.63, 3.8) is 0 Å². The maximum Gasteiger partial charge on any atom is 1.00 e. The van der Waals surface area contributed by atoms with Crippen LogP contribution in [0.5, 0.6) is 0 Å². The largest absolute Gasteiger partial charge is 1.00 e. The van der Waals surface area contributed by atoms with Crippen LogP contribution in [0, 0.1) is 0 Å². The topological polar surface area (TPSA) is 518 Å². The molecule has 13 N–H and O–H groups in total. The zero-order valence-corrected chi connectivity index (χ0v) is 66.1. The number of carboxylic acids is 1. The van der Waals surface area contributed by atoms with Gasteiger partial charge >= 0.3 is 106 Å². The van der Waals surface area contributed by atoms with E-state index in [4.69, 9.17) is 58.8 Å². The van der Waals surface area contributed by atoms with Crippen LogP contribution in [-0.2, 0) is 81.2 Å². The van der Waals surface area contributed by atoms with Gasteiger partial charge in [-0.1, -0.05) is 47.2 Å². The van der Waals surface area contributed by atoms with Gasteiger partial charge in [-0.15, -0.1) is 0 Å². The normalized spacial score (nSPS) is 13.1. The first-order valence-electron chi connectivity index (χ1n) is 29.8. The molecule has 2 aliphatic rings. The summed E-state index contributed by atoms with van der Waals surface area (Å²) < 4.78 is 128. The Balaban J connectivity index is 0.00000131.